The van der Waals surface area contributed by atoms with Crippen molar-refractivity contribution in [3.05, 3.63) is 35.7 Å². The molecule has 2 aromatic rings. The van der Waals surface area contributed by atoms with E-state index < -0.39 is 5.25 Å². The summed E-state index contributed by atoms with van der Waals surface area (Å²) in [6.45, 7) is 3.94. The molecule has 0 spiro atoms. The zero-order valence-electron chi connectivity index (χ0n) is 12.2. The van der Waals surface area contributed by atoms with Crippen molar-refractivity contribution in [3.63, 3.8) is 0 Å². The van der Waals surface area contributed by atoms with E-state index in [4.69, 9.17) is 4.74 Å². The number of rotatable bonds is 3. The van der Waals surface area contributed by atoms with Crippen molar-refractivity contribution in [2.75, 3.05) is 12.0 Å². The summed E-state index contributed by atoms with van der Waals surface area (Å²) in [5, 5.41) is 17.7. The number of aromatic hydroxyl groups is 1. The number of aromatic nitrogens is 3. The first-order chi connectivity index (χ1) is 10.6. The van der Waals surface area contributed by atoms with Crippen LogP contribution in [0.1, 0.15) is 24.4 Å². The van der Waals surface area contributed by atoms with Crippen LogP contribution in [0.5, 0.6) is 5.75 Å². The van der Waals surface area contributed by atoms with Gasteiger partial charge < -0.3 is 15.3 Å². The van der Waals surface area contributed by atoms with Crippen LogP contribution in [0.4, 0.5) is 0 Å². The minimum absolute atomic E-state index is 0.182. The van der Waals surface area contributed by atoms with Crippen molar-refractivity contribution in [3.8, 4) is 5.75 Å². The minimum Gasteiger partial charge on any atom is -0.508 e. The van der Waals surface area contributed by atoms with Crippen LogP contribution in [-0.4, -0.2) is 37.8 Å². The van der Waals surface area contributed by atoms with Crippen molar-refractivity contribution in [1.29, 1.82) is 0 Å². The predicted octanol–water partition coefficient (Wildman–Crippen LogP) is 1.61. The lowest BCUT2D eigenvalue weighted by Crippen LogP contribution is -2.39. The van der Waals surface area contributed by atoms with Crippen LogP contribution in [-0.2, 0) is 9.53 Å². The lowest BCUT2D eigenvalue weighted by atomic mass is 10.0. The number of thioether (sulfide) groups is 1. The molecule has 7 nitrogen and oxygen atoms in total. The Morgan fingerprint density at radius 3 is 2.82 bits per heavy atom. The van der Waals surface area contributed by atoms with Gasteiger partial charge in [0.2, 0.25) is 5.16 Å². The number of esters is 1. The molecule has 1 aliphatic heterocycles. The molecule has 0 bridgehead atoms. The number of carbonyl (C=O) groups excluding carboxylic acids is 1. The van der Waals surface area contributed by atoms with Gasteiger partial charge in [-0.05, 0) is 31.5 Å². The highest BCUT2D eigenvalue weighted by molar-refractivity contribution is 8.00. The first kappa shape index (κ1) is 14.7. The van der Waals surface area contributed by atoms with E-state index in [0.717, 1.165) is 5.56 Å². The maximum absolute atomic E-state index is 12.3. The van der Waals surface area contributed by atoms with Gasteiger partial charge in [-0.1, -0.05) is 23.9 Å². The molecule has 0 unspecified atom stereocenters. The van der Waals surface area contributed by atoms with Gasteiger partial charge in [0.25, 0.3) is 0 Å². The molecule has 2 heterocycles. The molecule has 0 amide bonds. The summed E-state index contributed by atoms with van der Waals surface area (Å²) >= 11 is 1.32. The smallest absolute Gasteiger partial charge is 0.322 e. The van der Waals surface area contributed by atoms with Gasteiger partial charge in [0.15, 0.2) is 0 Å². The van der Waals surface area contributed by atoms with Crippen molar-refractivity contribution in [2.24, 2.45) is 0 Å². The number of hydrogen-bond donors (Lipinski definition) is 2. The van der Waals surface area contributed by atoms with Gasteiger partial charge in [0.1, 0.15) is 16.8 Å². The van der Waals surface area contributed by atoms with E-state index in [9.17, 15) is 9.90 Å². The third kappa shape index (κ3) is 2.61. The van der Waals surface area contributed by atoms with E-state index in [0.29, 0.717) is 17.6 Å². The molecule has 3 rings (SSSR count). The topological polar surface area (TPSA) is 89.3 Å². The van der Waals surface area contributed by atoms with Gasteiger partial charge in [0.05, 0.1) is 12.6 Å². The van der Waals surface area contributed by atoms with Crippen LogP contribution < -0.4 is 5.43 Å². The Kier molecular flexibility index (Phi) is 3.93. The fraction of sp³-hybridized carbons (Fsp3) is 0.357. The molecule has 2 atom stereocenters. The molecule has 8 heteroatoms. The van der Waals surface area contributed by atoms with Crippen molar-refractivity contribution < 1.29 is 14.6 Å². The van der Waals surface area contributed by atoms with Crippen LogP contribution in [0, 0.1) is 6.92 Å². The largest absolute Gasteiger partial charge is 0.508 e. The molecular formula is C14H16N4O3S. The van der Waals surface area contributed by atoms with Gasteiger partial charge in [-0.3, -0.25) is 4.79 Å². The van der Waals surface area contributed by atoms with Gasteiger partial charge in [-0.25, -0.2) is 4.68 Å². The van der Waals surface area contributed by atoms with Gasteiger partial charge >= 0.3 is 5.97 Å². The fourth-order valence-corrected chi connectivity index (χ4v) is 3.42. The van der Waals surface area contributed by atoms with Crippen LogP contribution in [0.25, 0.3) is 0 Å². The molecule has 1 aromatic heterocycles. The molecule has 116 valence electrons. The number of nitrogens with one attached hydrogen (secondary N) is 1. The van der Waals surface area contributed by atoms with E-state index >= 15 is 0 Å². The second kappa shape index (κ2) is 5.88. The third-order valence-electron chi connectivity index (χ3n) is 3.37. The Bertz CT molecular complexity index is 686. The Morgan fingerprint density at radius 2 is 2.14 bits per heavy atom. The van der Waals surface area contributed by atoms with Crippen molar-refractivity contribution >= 4 is 17.7 Å². The number of phenols is 1. The van der Waals surface area contributed by atoms with E-state index in [1.807, 2.05) is 6.92 Å². The van der Waals surface area contributed by atoms with Gasteiger partial charge in [0, 0.05) is 0 Å². The molecule has 22 heavy (non-hydrogen) atoms. The van der Waals surface area contributed by atoms with Gasteiger partial charge in [-0.15, -0.1) is 10.2 Å². The Hall–Kier alpha value is -2.22. The maximum atomic E-state index is 12.3. The van der Waals surface area contributed by atoms with E-state index in [-0.39, 0.29) is 17.8 Å². The number of ether oxygens (including phenoxy) is 1. The summed E-state index contributed by atoms with van der Waals surface area (Å²) in [7, 11) is 0. The molecular weight excluding hydrogens is 304 g/mol. The number of phenolic OH excluding ortho intramolecular Hbond substituents is 1. The highest BCUT2D eigenvalue weighted by Gasteiger charge is 2.38. The van der Waals surface area contributed by atoms with Crippen LogP contribution >= 0.6 is 11.8 Å². The quantitative estimate of drug-likeness (QED) is 0.831. The molecule has 0 aliphatic carbocycles. The normalized spacial score (nSPS) is 20.1. The number of fused-ring (bicyclic) bond motifs is 1. The zero-order valence-corrected chi connectivity index (χ0v) is 13.0. The number of carbonyl (C=O) groups is 1. The molecule has 1 aromatic carbocycles. The lowest BCUT2D eigenvalue weighted by molar-refractivity contribution is -0.142. The van der Waals surface area contributed by atoms with E-state index in [2.05, 4.69) is 15.6 Å². The third-order valence-corrected chi connectivity index (χ3v) is 4.56. The Balaban J connectivity index is 1.97. The SMILES string of the molecule is CCOC(=O)[C@H]1Sc2nnc(C)n2N[C@H]1c1ccc(O)cc1. The Morgan fingerprint density at radius 1 is 1.41 bits per heavy atom. The Labute approximate surface area is 131 Å². The number of nitrogens with zero attached hydrogens (tertiary/aromatic N) is 3. The second-order valence-electron chi connectivity index (χ2n) is 4.85. The summed E-state index contributed by atoms with van der Waals surface area (Å²) in [5.74, 6) is 0.597. The van der Waals surface area contributed by atoms with E-state index in [1.54, 1.807) is 35.9 Å². The van der Waals surface area contributed by atoms with Crippen molar-refractivity contribution in [2.45, 2.75) is 30.3 Å². The summed E-state index contributed by atoms with van der Waals surface area (Å²) in [5.41, 5.74) is 4.14. The number of benzene rings is 1. The molecule has 0 saturated heterocycles. The fourth-order valence-electron chi connectivity index (χ4n) is 2.30. The number of hydrogen-bond acceptors (Lipinski definition) is 7. The predicted molar refractivity (Wildman–Crippen MR) is 81.2 cm³/mol. The zero-order chi connectivity index (χ0) is 15.7. The van der Waals surface area contributed by atoms with Crippen LogP contribution in [0.2, 0.25) is 0 Å². The first-order valence-corrected chi connectivity index (χ1v) is 7.79. The number of aryl methyl sites for hydroxylation is 1. The molecule has 0 fully saturated rings. The lowest BCUT2D eigenvalue weighted by Gasteiger charge is -2.32. The highest BCUT2D eigenvalue weighted by atomic mass is 32.2. The molecule has 1 aliphatic rings. The first-order valence-electron chi connectivity index (χ1n) is 6.91. The molecule has 0 radical (unpaired) electrons. The minimum atomic E-state index is -0.472. The summed E-state index contributed by atoms with van der Waals surface area (Å²) in [6.07, 6.45) is 0. The highest BCUT2D eigenvalue weighted by Crippen LogP contribution is 2.37. The van der Waals surface area contributed by atoms with Gasteiger partial charge in [-0.2, -0.15) is 0 Å². The monoisotopic (exact) mass is 320 g/mol. The second-order valence-corrected chi connectivity index (χ2v) is 5.96. The average Bonchev–Trinajstić information content (AvgIpc) is 2.88. The standard InChI is InChI=1S/C14H16N4O3S/c1-3-21-13(20)12-11(9-4-6-10(19)7-5-9)17-18-8(2)15-16-14(18)22-12/h4-7,11-12,17,19H,3H2,1-2H3/t11-,12-/m0/s1. The van der Waals surface area contributed by atoms with E-state index in [1.165, 1.54) is 11.8 Å². The summed E-state index contributed by atoms with van der Waals surface area (Å²) < 4.78 is 6.93. The average molecular weight is 320 g/mol. The molecule has 0 saturated carbocycles. The van der Waals surface area contributed by atoms with Crippen LogP contribution in [0.15, 0.2) is 29.4 Å². The van der Waals surface area contributed by atoms with Crippen LogP contribution in [0.3, 0.4) is 0 Å². The maximum Gasteiger partial charge on any atom is 0.322 e. The summed E-state index contributed by atoms with van der Waals surface area (Å²) in [4.78, 5) is 12.3. The summed E-state index contributed by atoms with van der Waals surface area (Å²) in [6, 6.07) is 6.46. The van der Waals surface area contributed by atoms with Crippen molar-refractivity contribution in [1.82, 2.24) is 14.9 Å². The molecule has 2 N–H and O–H groups in total.